The van der Waals surface area contributed by atoms with Gasteiger partial charge in [0.25, 0.3) is 0 Å². The van der Waals surface area contributed by atoms with Crippen LogP contribution < -0.4 is 4.74 Å². The zero-order valence-electron chi connectivity index (χ0n) is 13.1. The quantitative estimate of drug-likeness (QED) is 0.868. The Bertz CT molecular complexity index is 585. The lowest BCUT2D eigenvalue weighted by molar-refractivity contribution is 0.0617. The van der Waals surface area contributed by atoms with E-state index in [2.05, 4.69) is 33.9 Å². The van der Waals surface area contributed by atoms with Gasteiger partial charge in [-0.3, -0.25) is 4.98 Å². The first-order valence-electron chi connectivity index (χ1n) is 7.80. The van der Waals surface area contributed by atoms with Crippen molar-refractivity contribution in [3.8, 4) is 17.3 Å². The van der Waals surface area contributed by atoms with Gasteiger partial charge in [-0.1, -0.05) is 12.5 Å². The zero-order valence-corrected chi connectivity index (χ0v) is 13.1. The summed E-state index contributed by atoms with van der Waals surface area (Å²) in [6.07, 6.45) is 10.2. The lowest BCUT2D eigenvalue weighted by Gasteiger charge is -2.35. The summed E-state index contributed by atoms with van der Waals surface area (Å²) >= 11 is 0. The van der Waals surface area contributed by atoms with E-state index in [0.29, 0.717) is 11.9 Å². The van der Waals surface area contributed by atoms with Gasteiger partial charge in [-0.2, -0.15) is 0 Å². The highest BCUT2D eigenvalue weighted by atomic mass is 16.5. The number of hydrogen-bond donors (Lipinski definition) is 0. The standard InChI is InChI=1S/C17H22N4O/c1-21(2)15-8-3-4-9-16(15)22-13-11-19-17(20-12-13)14-7-5-6-10-18-14/h5-7,10-12,15-16H,3-4,8-9H2,1-2H3/t15-,16-/m0/s1. The molecule has 1 fully saturated rings. The highest BCUT2D eigenvalue weighted by molar-refractivity contribution is 5.48. The van der Waals surface area contributed by atoms with Crippen molar-refractivity contribution in [3.05, 3.63) is 36.8 Å². The fourth-order valence-electron chi connectivity index (χ4n) is 2.98. The Hall–Kier alpha value is -2.01. The Morgan fingerprint density at radius 2 is 1.82 bits per heavy atom. The van der Waals surface area contributed by atoms with Crippen molar-refractivity contribution >= 4 is 0 Å². The second kappa shape index (κ2) is 6.83. The molecule has 0 unspecified atom stereocenters. The average molecular weight is 298 g/mol. The van der Waals surface area contributed by atoms with Gasteiger partial charge in [-0.25, -0.2) is 9.97 Å². The molecule has 0 saturated heterocycles. The fraction of sp³-hybridized carbons (Fsp3) is 0.471. The first-order chi connectivity index (χ1) is 10.7. The van der Waals surface area contributed by atoms with Crippen LogP contribution in [0.4, 0.5) is 0 Å². The molecular formula is C17H22N4O. The third-order valence-corrected chi connectivity index (χ3v) is 4.14. The number of hydrogen-bond acceptors (Lipinski definition) is 5. The molecule has 1 aliphatic rings. The van der Waals surface area contributed by atoms with E-state index in [-0.39, 0.29) is 6.10 Å². The maximum atomic E-state index is 6.13. The Kier molecular flexibility index (Phi) is 4.63. The van der Waals surface area contributed by atoms with Crippen LogP contribution in [0.1, 0.15) is 25.7 Å². The molecule has 2 atom stereocenters. The molecule has 0 amide bonds. The summed E-state index contributed by atoms with van der Waals surface area (Å²) in [7, 11) is 4.24. The van der Waals surface area contributed by atoms with E-state index in [1.54, 1.807) is 18.6 Å². The Morgan fingerprint density at radius 3 is 2.50 bits per heavy atom. The van der Waals surface area contributed by atoms with Gasteiger partial charge in [0, 0.05) is 12.2 Å². The molecule has 0 N–H and O–H groups in total. The van der Waals surface area contributed by atoms with Crippen LogP contribution >= 0.6 is 0 Å². The van der Waals surface area contributed by atoms with Crippen LogP contribution in [0.25, 0.3) is 11.5 Å². The van der Waals surface area contributed by atoms with Gasteiger partial charge in [0.1, 0.15) is 11.8 Å². The maximum Gasteiger partial charge on any atom is 0.178 e. The Morgan fingerprint density at radius 1 is 1.05 bits per heavy atom. The topological polar surface area (TPSA) is 51.1 Å². The van der Waals surface area contributed by atoms with Gasteiger partial charge in [0.05, 0.1) is 12.4 Å². The third kappa shape index (κ3) is 3.42. The second-order valence-electron chi connectivity index (χ2n) is 5.93. The van der Waals surface area contributed by atoms with Crippen LogP contribution in [0.15, 0.2) is 36.8 Å². The normalized spacial score (nSPS) is 21.8. The molecule has 5 heteroatoms. The summed E-state index contributed by atoms with van der Waals surface area (Å²) in [4.78, 5) is 15.3. The first-order valence-corrected chi connectivity index (χ1v) is 7.80. The van der Waals surface area contributed by atoms with Gasteiger partial charge in [-0.05, 0) is 45.5 Å². The van der Waals surface area contributed by atoms with Crippen LogP contribution in [-0.4, -0.2) is 46.1 Å². The summed E-state index contributed by atoms with van der Waals surface area (Å²) in [5.41, 5.74) is 0.776. The lowest BCUT2D eigenvalue weighted by Crippen LogP contribution is -2.44. The largest absolute Gasteiger partial charge is 0.486 e. The van der Waals surface area contributed by atoms with Crippen molar-refractivity contribution in [2.45, 2.75) is 37.8 Å². The summed E-state index contributed by atoms with van der Waals surface area (Å²) in [6, 6.07) is 6.17. The molecule has 2 aromatic rings. The fourth-order valence-corrected chi connectivity index (χ4v) is 2.98. The van der Waals surface area contributed by atoms with Gasteiger partial charge in [0.2, 0.25) is 0 Å². The van der Waals surface area contributed by atoms with E-state index in [4.69, 9.17) is 4.74 Å². The lowest BCUT2D eigenvalue weighted by atomic mass is 9.91. The summed E-state index contributed by atoms with van der Waals surface area (Å²) in [5.74, 6) is 1.36. The van der Waals surface area contributed by atoms with Crippen molar-refractivity contribution in [2.24, 2.45) is 0 Å². The summed E-state index contributed by atoms with van der Waals surface area (Å²) < 4.78 is 6.13. The van der Waals surface area contributed by atoms with Gasteiger partial charge < -0.3 is 9.64 Å². The molecule has 1 saturated carbocycles. The highest BCUT2D eigenvalue weighted by Crippen LogP contribution is 2.26. The van der Waals surface area contributed by atoms with E-state index < -0.39 is 0 Å². The zero-order chi connectivity index (χ0) is 15.4. The van der Waals surface area contributed by atoms with Crippen LogP contribution in [0.2, 0.25) is 0 Å². The minimum atomic E-state index is 0.216. The molecule has 0 spiro atoms. The smallest absolute Gasteiger partial charge is 0.178 e. The summed E-state index contributed by atoms with van der Waals surface area (Å²) in [5, 5.41) is 0. The molecule has 5 nitrogen and oxygen atoms in total. The van der Waals surface area contributed by atoms with E-state index >= 15 is 0 Å². The molecule has 2 aromatic heterocycles. The molecule has 3 rings (SSSR count). The molecule has 22 heavy (non-hydrogen) atoms. The van der Waals surface area contributed by atoms with Gasteiger partial charge >= 0.3 is 0 Å². The third-order valence-electron chi connectivity index (χ3n) is 4.14. The van der Waals surface area contributed by atoms with Crippen molar-refractivity contribution in [1.29, 1.82) is 0 Å². The molecular weight excluding hydrogens is 276 g/mol. The molecule has 0 aliphatic heterocycles. The van der Waals surface area contributed by atoms with E-state index in [1.807, 2.05) is 18.2 Å². The van der Waals surface area contributed by atoms with Crippen LogP contribution in [0, 0.1) is 0 Å². The van der Waals surface area contributed by atoms with E-state index in [9.17, 15) is 0 Å². The Balaban J connectivity index is 1.70. The molecule has 0 aromatic carbocycles. The molecule has 2 heterocycles. The molecule has 116 valence electrons. The van der Waals surface area contributed by atoms with Crippen molar-refractivity contribution in [1.82, 2.24) is 19.9 Å². The molecule has 1 aliphatic carbocycles. The van der Waals surface area contributed by atoms with Crippen molar-refractivity contribution in [2.75, 3.05) is 14.1 Å². The molecule has 0 radical (unpaired) electrons. The van der Waals surface area contributed by atoms with Crippen LogP contribution in [0.5, 0.6) is 5.75 Å². The monoisotopic (exact) mass is 298 g/mol. The van der Waals surface area contributed by atoms with Crippen molar-refractivity contribution < 1.29 is 4.74 Å². The van der Waals surface area contributed by atoms with Gasteiger partial charge in [0.15, 0.2) is 11.6 Å². The highest BCUT2D eigenvalue weighted by Gasteiger charge is 2.28. The minimum Gasteiger partial charge on any atom is -0.486 e. The number of pyridine rings is 1. The number of ether oxygens (including phenoxy) is 1. The Labute approximate surface area is 131 Å². The number of aromatic nitrogens is 3. The van der Waals surface area contributed by atoms with Crippen molar-refractivity contribution in [3.63, 3.8) is 0 Å². The maximum absolute atomic E-state index is 6.13. The second-order valence-corrected chi connectivity index (χ2v) is 5.93. The van der Waals surface area contributed by atoms with Crippen LogP contribution in [-0.2, 0) is 0 Å². The number of nitrogens with zero attached hydrogens (tertiary/aromatic N) is 4. The number of rotatable bonds is 4. The first kappa shape index (κ1) is 14.9. The van der Waals surface area contributed by atoms with Crippen LogP contribution in [0.3, 0.4) is 0 Å². The predicted molar refractivity (Wildman–Crippen MR) is 85.6 cm³/mol. The molecule has 0 bridgehead atoms. The summed E-state index contributed by atoms with van der Waals surface area (Å²) in [6.45, 7) is 0. The predicted octanol–water partition coefficient (Wildman–Crippen LogP) is 2.79. The SMILES string of the molecule is CN(C)[C@H]1CCCC[C@@H]1Oc1cnc(-c2ccccn2)nc1. The average Bonchev–Trinajstić information content (AvgIpc) is 2.57. The van der Waals surface area contributed by atoms with Gasteiger partial charge in [-0.15, -0.1) is 0 Å². The number of likely N-dealkylation sites (N-methyl/N-ethyl adjacent to an activating group) is 1. The van der Waals surface area contributed by atoms with E-state index in [0.717, 1.165) is 17.9 Å². The van der Waals surface area contributed by atoms with E-state index in [1.165, 1.54) is 19.3 Å². The minimum absolute atomic E-state index is 0.216.